The summed E-state index contributed by atoms with van der Waals surface area (Å²) in [7, 11) is 0. The molecule has 0 unspecified atom stereocenters. The maximum Gasteiger partial charge on any atom is 0.321 e. The monoisotopic (exact) mass is 415 g/mol. The van der Waals surface area contributed by atoms with E-state index in [2.05, 4.69) is 10.2 Å². The molecule has 0 radical (unpaired) electrons. The molecule has 0 atom stereocenters. The largest absolute Gasteiger partial charge is 0.340 e. The molecule has 4 bridgehead atoms. The number of carbonyl (C=O) groups excluding carboxylic acids is 2. The lowest BCUT2D eigenvalue weighted by Crippen LogP contribution is -2.55. The summed E-state index contributed by atoms with van der Waals surface area (Å²) in [5, 5.41) is 3.59. The molecule has 4 aliphatic carbocycles. The van der Waals surface area contributed by atoms with Crippen LogP contribution in [-0.2, 0) is 4.79 Å². The Balaban J connectivity index is 1.21. The van der Waals surface area contributed by atoms with Crippen molar-refractivity contribution in [3.63, 3.8) is 0 Å². The van der Waals surface area contributed by atoms with Gasteiger partial charge in [-0.1, -0.05) is 11.6 Å². The molecule has 1 saturated heterocycles. The first-order valence-electron chi connectivity index (χ1n) is 11.1. The van der Waals surface area contributed by atoms with Crippen LogP contribution in [0.25, 0.3) is 0 Å². The molecule has 5 aliphatic rings. The van der Waals surface area contributed by atoms with E-state index in [1.807, 2.05) is 4.90 Å². The van der Waals surface area contributed by atoms with Gasteiger partial charge in [-0.3, -0.25) is 4.79 Å². The van der Waals surface area contributed by atoms with Gasteiger partial charge in [0.15, 0.2) is 0 Å². The highest BCUT2D eigenvalue weighted by Crippen LogP contribution is 2.60. The van der Waals surface area contributed by atoms with Gasteiger partial charge in [0.25, 0.3) is 0 Å². The number of benzene rings is 1. The summed E-state index contributed by atoms with van der Waals surface area (Å²) in [6.07, 6.45) is 8.22. The zero-order chi connectivity index (χ0) is 20.0. The molecule has 0 aromatic heterocycles. The molecule has 1 aromatic rings. The molecule has 5 fully saturated rings. The molecular weight excluding hydrogens is 386 g/mol. The smallest absolute Gasteiger partial charge is 0.321 e. The van der Waals surface area contributed by atoms with E-state index in [9.17, 15) is 9.59 Å². The Hall–Kier alpha value is -1.75. The number of rotatable bonds is 2. The van der Waals surface area contributed by atoms with Crippen molar-refractivity contribution in [1.29, 1.82) is 0 Å². The van der Waals surface area contributed by atoms with E-state index in [0.717, 1.165) is 55.7 Å². The fourth-order valence-corrected chi connectivity index (χ4v) is 6.89. The quantitative estimate of drug-likeness (QED) is 0.766. The minimum Gasteiger partial charge on any atom is -0.340 e. The zero-order valence-corrected chi connectivity index (χ0v) is 17.7. The van der Waals surface area contributed by atoms with Gasteiger partial charge in [-0.25, -0.2) is 4.79 Å². The molecule has 1 N–H and O–H groups in total. The fraction of sp³-hybridized carbons (Fsp3) is 0.652. The van der Waals surface area contributed by atoms with E-state index < -0.39 is 0 Å². The van der Waals surface area contributed by atoms with Crippen LogP contribution in [0.4, 0.5) is 10.5 Å². The number of urea groups is 1. The molecule has 4 saturated carbocycles. The van der Waals surface area contributed by atoms with E-state index in [4.69, 9.17) is 11.6 Å². The van der Waals surface area contributed by atoms with Gasteiger partial charge < -0.3 is 15.1 Å². The van der Waals surface area contributed by atoms with Crippen molar-refractivity contribution >= 4 is 29.2 Å². The van der Waals surface area contributed by atoms with Crippen LogP contribution in [0.1, 0.15) is 44.9 Å². The first-order valence-corrected chi connectivity index (χ1v) is 11.5. The molecule has 29 heavy (non-hydrogen) atoms. The molecule has 1 aliphatic heterocycles. The van der Waals surface area contributed by atoms with Gasteiger partial charge >= 0.3 is 6.03 Å². The second-order valence-electron chi connectivity index (χ2n) is 9.77. The Morgan fingerprint density at radius 1 is 0.862 bits per heavy atom. The van der Waals surface area contributed by atoms with E-state index >= 15 is 0 Å². The van der Waals surface area contributed by atoms with Crippen LogP contribution < -0.4 is 5.32 Å². The van der Waals surface area contributed by atoms with Gasteiger partial charge in [0.2, 0.25) is 5.91 Å². The molecule has 156 valence electrons. The van der Waals surface area contributed by atoms with Crippen molar-refractivity contribution in [2.24, 2.45) is 23.2 Å². The van der Waals surface area contributed by atoms with Gasteiger partial charge in [-0.2, -0.15) is 0 Å². The third-order valence-electron chi connectivity index (χ3n) is 7.66. The number of hydrogen-bond acceptors (Lipinski definition) is 2. The third kappa shape index (κ3) is 3.74. The van der Waals surface area contributed by atoms with Gasteiger partial charge in [0.1, 0.15) is 0 Å². The molecule has 6 rings (SSSR count). The Morgan fingerprint density at radius 3 is 2.03 bits per heavy atom. The first kappa shape index (κ1) is 19.2. The predicted molar refractivity (Wildman–Crippen MR) is 114 cm³/mol. The van der Waals surface area contributed by atoms with Crippen molar-refractivity contribution in [1.82, 2.24) is 9.80 Å². The number of carbonyl (C=O) groups is 2. The molecule has 0 spiro atoms. The minimum absolute atomic E-state index is 0.0878. The summed E-state index contributed by atoms with van der Waals surface area (Å²) < 4.78 is 0. The standard InChI is InChI=1S/C23H30ClN3O2/c24-19-2-4-20(5-3-19)25-22(29)27-7-1-6-26(8-9-27)21(28)23-13-16-10-17(14-23)12-18(11-16)15-23/h2-5,16-18H,1,6-15H2,(H,25,29). The second kappa shape index (κ2) is 7.50. The summed E-state index contributed by atoms with van der Waals surface area (Å²) in [4.78, 5) is 30.2. The SMILES string of the molecule is O=C(Nc1ccc(Cl)cc1)N1CCCN(C(=O)C23CC4CC(CC(C4)C2)C3)CC1. The normalized spacial score (nSPS) is 33.5. The van der Waals surface area contributed by atoms with Gasteiger partial charge in [0, 0.05) is 36.9 Å². The van der Waals surface area contributed by atoms with Crippen LogP contribution in [0.5, 0.6) is 0 Å². The summed E-state index contributed by atoms with van der Waals surface area (Å²) in [6, 6.07) is 7.05. The summed E-state index contributed by atoms with van der Waals surface area (Å²) >= 11 is 5.92. The van der Waals surface area contributed by atoms with Crippen LogP contribution in [0, 0.1) is 23.2 Å². The number of hydrogen-bond donors (Lipinski definition) is 1. The fourth-order valence-electron chi connectivity index (χ4n) is 6.77. The Morgan fingerprint density at radius 2 is 1.41 bits per heavy atom. The van der Waals surface area contributed by atoms with Crippen molar-refractivity contribution in [2.75, 3.05) is 31.5 Å². The highest BCUT2D eigenvalue weighted by molar-refractivity contribution is 6.30. The maximum atomic E-state index is 13.6. The molecule has 6 heteroatoms. The Kier molecular flexibility index (Phi) is 4.97. The van der Waals surface area contributed by atoms with E-state index in [0.29, 0.717) is 30.6 Å². The number of anilines is 1. The number of nitrogens with one attached hydrogen (secondary N) is 1. The van der Waals surface area contributed by atoms with Gasteiger partial charge in [-0.05, 0) is 87.0 Å². The first-order chi connectivity index (χ1) is 14.0. The predicted octanol–water partition coefficient (Wildman–Crippen LogP) is 4.62. The summed E-state index contributed by atoms with van der Waals surface area (Å²) in [5.41, 5.74) is 0.653. The lowest BCUT2D eigenvalue weighted by molar-refractivity contribution is -0.157. The van der Waals surface area contributed by atoms with Crippen LogP contribution in [0.2, 0.25) is 5.02 Å². The average Bonchev–Trinajstić information content (AvgIpc) is 2.94. The minimum atomic E-state index is -0.101. The Labute approximate surface area is 177 Å². The van der Waals surface area contributed by atoms with Crippen LogP contribution in [-0.4, -0.2) is 47.9 Å². The maximum absolute atomic E-state index is 13.6. The Bertz CT molecular complexity index is 759. The van der Waals surface area contributed by atoms with E-state index in [1.54, 1.807) is 24.3 Å². The number of halogens is 1. The highest BCUT2D eigenvalue weighted by Gasteiger charge is 2.55. The lowest BCUT2D eigenvalue weighted by Gasteiger charge is -2.56. The molecule has 3 amide bonds. The third-order valence-corrected chi connectivity index (χ3v) is 7.91. The van der Waals surface area contributed by atoms with Crippen molar-refractivity contribution in [3.8, 4) is 0 Å². The topological polar surface area (TPSA) is 52.7 Å². The molecule has 1 aromatic carbocycles. The van der Waals surface area contributed by atoms with Crippen molar-refractivity contribution in [3.05, 3.63) is 29.3 Å². The van der Waals surface area contributed by atoms with Crippen LogP contribution in [0.15, 0.2) is 24.3 Å². The number of nitrogens with zero attached hydrogens (tertiary/aromatic N) is 2. The van der Waals surface area contributed by atoms with E-state index in [-0.39, 0.29) is 11.4 Å². The molecular formula is C23H30ClN3O2. The van der Waals surface area contributed by atoms with Crippen LogP contribution >= 0.6 is 11.6 Å². The van der Waals surface area contributed by atoms with Crippen molar-refractivity contribution in [2.45, 2.75) is 44.9 Å². The average molecular weight is 416 g/mol. The summed E-state index contributed by atoms with van der Waals surface area (Å²) in [6.45, 7) is 2.70. The van der Waals surface area contributed by atoms with Gasteiger partial charge in [0.05, 0.1) is 5.41 Å². The van der Waals surface area contributed by atoms with Crippen LogP contribution in [0.3, 0.4) is 0 Å². The van der Waals surface area contributed by atoms with Gasteiger partial charge in [-0.15, -0.1) is 0 Å². The van der Waals surface area contributed by atoms with E-state index in [1.165, 1.54) is 19.3 Å². The summed E-state index contributed by atoms with van der Waals surface area (Å²) in [5.74, 6) is 2.72. The second-order valence-corrected chi connectivity index (χ2v) is 10.2. The highest BCUT2D eigenvalue weighted by atomic mass is 35.5. The molecule has 5 nitrogen and oxygen atoms in total. The zero-order valence-electron chi connectivity index (χ0n) is 16.9. The lowest BCUT2D eigenvalue weighted by atomic mass is 9.49. The number of amides is 3. The molecule has 1 heterocycles. The van der Waals surface area contributed by atoms with Crippen molar-refractivity contribution < 1.29 is 9.59 Å².